The molecular formula is C10H19NO2. The lowest BCUT2D eigenvalue weighted by Gasteiger charge is -2.40. The summed E-state index contributed by atoms with van der Waals surface area (Å²) in [5, 5.41) is 9.04. The lowest BCUT2D eigenvalue weighted by atomic mass is 9.94. The zero-order chi connectivity index (χ0) is 10.1. The molecule has 76 valence electrons. The minimum absolute atomic E-state index is 0.632. The molecule has 1 heterocycles. The topological polar surface area (TPSA) is 40.5 Å². The molecule has 1 rings (SSSR count). The second-order valence-corrected chi connectivity index (χ2v) is 4.56. The molecule has 0 amide bonds. The number of carbonyl (C=O) groups is 1. The van der Waals surface area contributed by atoms with E-state index in [0.717, 1.165) is 19.5 Å². The minimum atomic E-state index is -0.721. The average Bonchev–Trinajstić information content (AvgIpc) is 2.04. The molecule has 0 aromatic rings. The van der Waals surface area contributed by atoms with E-state index in [9.17, 15) is 4.79 Å². The van der Waals surface area contributed by atoms with Gasteiger partial charge in [-0.25, -0.2) is 0 Å². The summed E-state index contributed by atoms with van der Waals surface area (Å²) >= 11 is 0. The highest BCUT2D eigenvalue weighted by atomic mass is 16.4. The summed E-state index contributed by atoms with van der Waals surface area (Å²) in [7, 11) is 0. The number of piperidine rings is 1. The summed E-state index contributed by atoms with van der Waals surface area (Å²) in [4.78, 5) is 13.1. The molecule has 13 heavy (non-hydrogen) atoms. The van der Waals surface area contributed by atoms with Gasteiger partial charge in [-0.2, -0.15) is 0 Å². The smallest absolute Gasteiger partial charge is 0.323 e. The fourth-order valence-corrected chi connectivity index (χ4v) is 1.83. The van der Waals surface area contributed by atoms with Crippen LogP contribution in [-0.2, 0) is 4.79 Å². The normalized spacial score (nSPS) is 25.9. The third-order valence-corrected chi connectivity index (χ3v) is 2.97. The number of carboxylic acid groups (broad SMARTS) is 1. The Bertz CT molecular complexity index is 201. The van der Waals surface area contributed by atoms with Gasteiger partial charge in [0.2, 0.25) is 0 Å². The highest BCUT2D eigenvalue weighted by molar-refractivity contribution is 5.77. The molecule has 0 aliphatic carbocycles. The highest BCUT2D eigenvalue weighted by Crippen LogP contribution is 2.23. The van der Waals surface area contributed by atoms with Gasteiger partial charge in [0.1, 0.15) is 5.54 Å². The van der Waals surface area contributed by atoms with Crippen LogP contribution in [0.4, 0.5) is 0 Å². The molecule has 3 nitrogen and oxygen atoms in total. The summed E-state index contributed by atoms with van der Waals surface area (Å²) in [6.45, 7) is 7.59. The standard InChI is InChI=1S/C10H19NO2/c1-8-5-4-6-11(7-8)10(2,3)9(12)13/h8H,4-7H2,1-3H3,(H,12,13)/t8-/m1/s1. The number of aliphatic carboxylic acids is 1. The van der Waals surface area contributed by atoms with Crippen molar-refractivity contribution in [1.29, 1.82) is 0 Å². The molecule has 0 bridgehead atoms. The van der Waals surface area contributed by atoms with Gasteiger partial charge in [0, 0.05) is 6.54 Å². The number of nitrogens with zero attached hydrogens (tertiary/aromatic N) is 1. The molecule has 1 atom stereocenters. The highest BCUT2D eigenvalue weighted by Gasteiger charge is 2.36. The van der Waals surface area contributed by atoms with Gasteiger partial charge in [0.25, 0.3) is 0 Å². The molecule has 0 aromatic carbocycles. The van der Waals surface area contributed by atoms with E-state index in [2.05, 4.69) is 11.8 Å². The monoisotopic (exact) mass is 185 g/mol. The van der Waals surface area contributed by atoms with Crippen molar-refractivity contribution in [3.8, 4) is 0 Å². The van der Waals surface area contributed by atoms with E-state index in [1.54, 1.807) is 13.8 Å². The van der Waals surface area contributed by atoms with E-state index in [1.165, 1.54) is 6.42 Å². The molecule has 0 unspecified atom stereocenters. The summed E-state index contributed by atoms with van der Waals surface area (Å²) in [6.07, 6.45) is 2.35. The molecule has 1 saturated heterocycles. The molecule has 0 aromatic heterocycles. The van der Waals surface area contributed by atoms with Gasteiger partial charge in [0.15, 0.2) is 0 Å². The van der Waals surface area contributed by atoms with Crippen LogP contribution in [0.1, 0.15) is 33.6 Å². The average molecular weight is 185 g/mol. The lowest BCUT2D eigenvalue weighted by molar-refractivity contribution is -0.150. The Labute approximate surface area is 79.7 Å². The quantitative estimate of drug-likeness (QED) is 0.710. The fraction of sp³-hybridized carbons (Fsp3) is 0.900. The molecule has 3 heteroatoms. The van der Waals surface area contributed by atoms with Crippen molar-refractivity contribution in [2.75, 3.05) is 13.1 Å². The van der Waals surface area contributed by atoms with E-state index < -0.39 is 11.5 Å². The number of hydrogen-bond acceptors (Lipinski definition) is 2. The number of rotatable bonds is 2. The van der Waals surface area contributed by atoms with E-state index in [-0.39, 0.29) is 0 Å². The number of carboxylic acids is 1. The third kappa shape index (κ3) is 2.21. The van der Waals surface area contributed by atoms with Crippen molar-refractivity contribution in [2.24, 2.45) is 5.92 Å². The van der Waals surface area contributed by atoms with Gasteiger partial charge >= 0.3 is 5.97 Å². The van der Waals surface area contributed by atoms with Gasteiger partial charge in [-0.3, -0.25) is 9.69 Å². The van der Waals surface area contributed by atoms with Crippen LogP contribution in [0.15, 0.2) is 0 Å². The lowest BCUT2D eigenvalue weighted by Crippen LogP contribution is -2.53. The first-order chi connectivity index (χ1) is 5.94. The molecule has 0 spiro atoms. The Morgan fingerprint density at radius 1 is 1.54 bits per heavy atom. The number of hydrogen-bond donors (Lipinski definition) is 1. The molecule has 0 saturated carbocycles. The van der Waals surface area contributed by atoms with Gasteiger partial charge < -0.3 is 5.11 Å². The van der Waals surface area contributed by atoms with Gasteiger partial charge in [-0.15, -0.1) is 0 Å². The zero-order valence-electron chi connectivity index (χ0n) is 8.71. The largest absolute Gasteiger partial charge is 0.480 e. The van der Waals surface area contributed by atoms with Crippen LogP contribution in [0.3, 0.4) is 0 Å². The van der Waals surface area contributed by atoms with Gasteiger partial charge in [-0.1, -0.05) is 6.92 Å². The molecule has 1 N–H and O–H groups in total. The van der Waals surface area contributed by atoms with Crippen molar-refractivity contribution in [2.45, 2.75) is 39.2 Å². The third-order valence-electron chi connectivity index (χ3n) is 2.97. The molecule has 1 aliphatic rings. The Kier molecular flexibility index (Phi) is 2.96. The van der Waals surface area contributed by atoms with Crippen LogP contribution in [0, 0.1) is 5.92 Å². The van der Waals surface area contributed by atoms with E-state index in [1.807, 2.05) is 0 Å². The second-order valence-electron chi connectivity index (χ2n) is 4.56. The first kappa shape index (κ1) is 10.5. The van der Waals surface area contributed by atoms with Crippen LogP contribution < -0.4 is 0 Å². The molecule has 1 fully saturated rings. The molecular weight excluding hydrogens is 166 g/mol. The Morgan fingerprint density at radius 2 is 2.15 bits per heavy atom. The first-order valence-corrected chi connectivity index (χ1v) is 4.93. The predicted molar refractivity (Wildman–Crippen MR) is 51.7 cm³/mol. The maximum absolute atomic E-state index is 11.0. The Hall–Kier alpha value is -0.570. The van der Waals surface area contributed by atoms with Crippen LogP contribution in [-0.4, -0.2) is 34.6 Å². The van der Waals surface area contributed by atoms with Crippen molar-refractivity contribution in [1.82, 2.24) is 4.90 Å². The zero-order valence-corrected chi connectivity index (χ0v) is 8.71. The number of likely N-dealkylation sites (tertiary alicyclic amines) is 1. The molecule has 0 radical (unpaired) electrons. The Balaban J connectivity index is 2.64. The van der Waals surface area contributed by atoms with Crippen molar-refractivity contribution >= 4 is 5.97 Å². The van der Waals surface area contributed by atoms with Crippen molar-refractivity contribution in [3.63, 3.8) is 0 Å². The minimum Gasteiger partial charge on any atom is -0.480 e. The SMILES string of the molecule is C[C@@H]1CCCN(C(C)(C)C(=O)O)C1. The first-order valence-electron chi connectivity index (χ1n) is 4.93. The van der Waals surface area contributed by atoms with E-state index >= 15 is 0 Å². The van der Waals surface area contributed by atoms with Gasteiger partial charge in [-0.05, 0) is 39.2 Å². The molecule has 1 aliphatic heterocycles. The van der Waals surface area contributed by atoms with Crippen molar-refractivity contribution in [3.05, 3.63) is 0 Å². The van der Waals surface area contributed by atoms with Gasteiger partial charge in [0.05, 0.1) is 0 Å². The van der Waals surface area contributed by atoms with Crippen LogP contribution in [0.5, 0.6) is 0 Å². The van der Waals surface area contributed by atoms with Crippen LogP contribution in [0.25, 0.3) is 0 Å². The van der Waals surface area contributed by atoms with E-state index in [0.29, 0.717) is 5.92 Å². The maximum atomic E-state index is 11.0. The van der Waals surface area contributed by atoms with Crippen LogP contribution >= 0.6 is 0 Å². The van der Waals surface area contributed by atoms with E-state index in [4.69, 9.17) is 5.11 Å². The predicted octanol–water partition coefficient (Wildman–Crippen LogP) is 1.58. The fourth-order valence-electron chi connectivity index (χ4n) is 1.83. The van der Waals surface area contributed by atoms with Crippen molar-refractivity contribution < 1.29 is 9.90 Å². The van der Waals surface area contributed by atoms with Crippen LogP contribution in [0.2, 0.25) is 0 Å². The maximum Gasteiger partial charge on any atom is 0.323 e. The summed E-state index contributed by atoms with van der Waals surface area (Å²) in [5.41, 5.74) is -0.700. The summed E-state index contributed by atoms with van der Waals surface area (Å²) in [6, 6.07) is 0. The summed E-state index contributed by atoms with van der Waals surface area (Å²) in [5.74, 6) is -0.0889. The Morgan fingerprint density at radius 3 is 2.62 bits per heavy atom. The second kappa shape index (κ2) is 3.66. The summed E-state index contributed by atoms with van der Waals surface area (Å²) < 4.78 is 0.